The first-order valence-corrected chi connectivity index (χ1v) is 8.01. The van der Waals surface area contributed by atoms with Gasteiger partial charge in [0.2, 0.25) is 0 Å². The van der Waals surface area contributed by atoms with Crippen molar-refractivity contribution in [3.05, 3.63) is 0 Å². The first-order chi connectivity index (χ1) is 9.39. The Morgan fingerprint density at radius 1 is 1.45 bits per heavy atom. The fourth-order valence-electron chi connectivity index (χ4n) is 2.38. The molecule has 20 heavy (non-hydrogen) atoms. The Labute approximate surface area is 125 Å². The number of likely N-dealkylation sites (tertiary alicyclic amines) is 1. The van der Waals surface area contributed by atoms with E-state index in [1.165, 1.54) is 37.5 Å². The van der Waals surface area contributed by atoms with Gasteiger partial charge in [-0.3, -0.25) is 0 Å². The Hall–Kier alpha value is -1.01. The van der Waals surface area contributed by atoms with Crippen LogP contribution in [0.4, 0.5) is 10.8 Å². The molecule has 0 aliphatic carbocycles. The van der Waals surface area contributed by atoms with E-state index in [1.807, 2.05) is 13.8 Å². The average Bonchev–Trinajstić information content (AvgIpc) is 2.72. The lowest BCUT2D eigenvalue weighted by Gasteiger charge is -2.38. The van der Waals surface area contributed by atoms with Gasteiger partial charge in [-0.15, -0.1) is 0 Å². The highest BCUT2D eigenvalue weighted by molar-refractivity contribution is 7.11. The molecule has 1 aromatic rings. The molecule has 1 fully saturated rings. The molecular weight excluding hydrogens is 272 g/mol. The van der Waals surface area contributed by atoms with Gasteiger partial charge < -0.3 is 20.7 Å². The van der Waals surface area contributed by atoms with E-state index in [0.717, 1.165) is 11.5 Å². The molecule has 1 saturated heterocycles. The third-order valence-electron chi connectivity index (χ3n) is 3.90. The monoisotopic (exact) mass is 298 g/mol. The number of anilines is 2. The number of nitrogens with two attached hydrogens (primary N) is 1. The van der Waals surface area contributed by atoms with Crippen LogP contribution in [0.3, 0.4) is 0 Å². The molecule has 2 heterocycles. The van der Waals surface area contributed by atoms with E-state index in [-0.39, 0.29) is 6.10 Å². The van der Waals surface area contributed by atoms with E-state index in [2.05, 4.69) is 28.6 Å². The number of nitrogen functional groups attached to an aromatic ring is 1. The first-order valence-electron chi connectivity index (χ1n) is 7.24. The van der Waals surface area contributed by atoms with Gasteiger partial charge in [0.1, 0.15) is 0 Å². The topological polar surface area (TPSA) is 63.4 Å². The molecule has 3 N–H and O–H groups in total. The highest BCUT2D eigenvalue weighted by Crippen LogP contribution is 2.38. The summed E-state index contributed by atoms with van der Waals surface area (Å²) in [6, 6.07) is 0. The molecule has 2 rings (SSSR count). The molecule has 0 spiro atoms. The molecule has 0 saturated carbocycles. The Kier molecular flexibility index (Phi) is 4.75. The van der Waals surface area contributed by atoms with Crippen LogP contribution in [0.1, 0.15) is 33.6 Å². The molecule has 5 nitrogen and oxygen atoms in total. The highest BCUT2D eigenvalue weighted by Gasteiger charge is 2.29. The molecule has 1 aromatic heterocycles. The van der Waals surface area contributed by atoms with Crippen molar-refractivity contribution in [2.24, 2.45) is 5.41 Å². The number of hydrogen-bond donors (Lipinski definition) is 2. The van der Waals surface area contributed by atoms with Crippen molar-refractivity contribution in [2.45, 2.75) is 39.7 Å². The Morgan fingerprint density at radius 3 is 2.70 bits per heavy atom. The molecule has 0 amide bonds. The van der Waals surface area contributed by atoms with Crippen molar-refractivity contribution >= 4 is 22.4 Å². The van der Waals surface area contributed by atoms with Crippen LogP contribution < -0.4 is 15.8 Å². The van der Waals surface area contributed by atoms with Gasteiger partial charge in [-0.05, 0) is 63.8 Å². The second-order valence-corrected chi connectivity index (χ2v) is 7.13. The van der Waals surface area contributed by atoms with Gasteiger partial charge in [0, 0.05) is 6.54 Å². The lowest BCUT2D eigenvalue weighted by Crippen LogP contribution is -2.40. The second-order valence-electron chi connectivity index (χ2n) is 6.36. The second kappa shape index (κ2) is 6.18. The van der Waals surface area contributed by atoms with Gasteiger partial charge in [0.15, 0.2) is 16.6 Å². The van der Waals surface area contributed by atoms with Crippen molar-refractivity contribution in [1.82, 2.24) is 9.27 Å². The number of rotatable bonds is 5. The lowest BCUT2D eigenvalue weighted by molar-refractivity contribution is 0.150. The standard InChI is InChI=1S/C14H26N4OS/c1-10(2)19-11-12(15)17-20-13(11)16-9-14(3)5-7-18(4)8-6-14/h10,16H,5-9H2,1-4H3,(H2,15,17). The third-order valence-corrected chi connectivity index (χ3v) is 4.70. The summed E-state index contributed by atoms with van der Waals surface area (Å²) in [6.45, 7) is 9.62. The summed E-state index contributed by atoms with van der Waals surface area (Å²) in [5.74, 6) is 1.20. The van der Waals surface area contributed by atoms with Gasteiger partial charge in [-0.2, -0.15) is 4.37 Å². The van der Waals surface area contributed by atoms with Crippen molar-refractivity contribution in [3.8, 4) is 5.75 Å². The largest absolute Gasteiger partial charge is 0.484 e. The van der Waals surface area contributed by atoms with Crippen LogP contribution in [-0.2, 0) is 0 Å². The van der Waals surface area contributed by atoms with Gasteiger partial charge >= 0.3 is 0 Å². The Morgan fingerprint density at radius 2 is 2.10 bits per heavy atom. The van der Waals surface area contributed by atoms with E-state index in [9.17, 15) is 0 Å². The van der Waals surface area contributed by atoms with Gasteiger partial charge in [0.25, 0.3) is 0 Å². The van der Waals surface area contributed by atoms with E-state index in [1.54, 1.807) is 0 Å². The van der Waals surface area contributed by atoms with Crippen LogP contribution in [0, 0.1) is 5.41 Å². The summed E-state index contributed by atoms with van der Waals surface area (Å²) < 4.78 is 9.95. The van der Waals surface area contributed by atoms with Crippen LogP contribution in [-0.4, -0.2) is 42.1 Å². The van der Waals surface area contributed by atoms with Gasteiger partial charge in [-0.25, -0.2) is 0 Å². The molecule has 0 radical (unpaired) electrons. The van der Waals surface area contributed by atoms with E-state index in [4.69, 9.17) is 10.5 Å². The number of piperidine rings is 1. The number of nitrogens with one attached hydrogen (secondary N) is 1. The molecule has 0 unspecified atom stereocenters. The summed E-state index contributed by atoms with van der Waals surface area (Å²) >= 11 is 1.38. The zero-order valence-corrected chi connectivity index (χ0v) is 13.7. The highest BCUT2D eigenvalue weighted by atomic mass is 32.1. The minimum absolute atomic E-state index is 0.105. The quantitative estimate of drug-likeness (QED) is 0.875. The van der Waals surface area contributed by atoms with Crippen LogP contribution in [0.25, 0.3) is 0 Å². The number of aromatic nitrogens is 1. The summed E-state index contributed by atoms with van der Waals surface area (Å²) in [5, 5.41) is 4.45. The van der Waals surface area contributed by atoms with Crippen molar-refractivity contribution < 1.29 is 4.74 Å². The predicted octanol–water partition coefficient (Wildman–Crippen LogP) is 2.66. The zero-order valence-electron chi connectivity index (χ0n) is 12.9. The first kappa shape index (κ1) is 15.4. The summed E-state index contributed by atoms with van der Waals surface area (Å²) in [5.41, 5.74) is 6.21. The summed E-state index contributed by atoms with van der Waals surface area (Å²) in [4.78, 5) is 2.39. The number of hydrogen-bond acceptors (Lipinski definition) is 6. The SMILES string of the molecule is CC(C)Oc1c(N)nsc1NCC1(C)CCN(C)CC1. The van der Waals surface area contributed by atoms with Crippen LogP contribution in [0.2, 0.25) is 0 Å². The Balaban J connectivity index is 1.97. The van der Waals surface area contributed by atoms with E-state index < -0.39 is 0 Å². The van der Waals surface area contributed by atoms with Gasteiger partial charge in [-0.1, -0.05) is 6.92 Å². The van der Waals surface area contributed by atoms with E-state index in [0.29, 0.717) is 17.0 Å². The fraction of sp³-hybridized carbons (Fsp3) is 0.786. The molecule has 114 valence electrons. The maximum Gasteiger partial charge on any atom is 0.197 e. The minimum atomic E-state index is 0.105. The van der Waals surface area contributed by atoms with Crippen molar-refractivity contribution in [3.63, 3.8) is 0 Å². The van der Waals surface area contributed by atoms with Crippen LogP contribution >= 0.6 is 11.5 Å². The normalized spacial score (nSPS) is 19.2. The van der Waals surface area contributed by atoms with Crippen molar-refractivity contribution in [2.75, 3.05) is 37.7 Å². The van der Waals surface area contributed by atoms with Gasteiger partial charge in [0.05, 0.1) is 6.10 Å². The molecule has 0 atom stereocenters. The molecule has 1 aliphatic heterocycles. The number of ether oxygens (including phenoxy) is 1. The summed E-state index contributed by atoms with van der Waals surface area (Å²) in [6.07, 6.45) is 2.53. The smallest absolute Gasteiger partial charge is 0.197 e. The van der Waals surface area contributed by atoms with E-state index >= 15 is 0 Å². The van der Waals surface area contributed by atoms with Crippen molar-refractivity contribution in [1.29, 1.82) is 0 Å². The minimum Gasteiger partial charge on any atom is -0.484 e. The summed E-state index contributed by atoms with van der Waals surface area (Å²) in [7, 11) is 2.19. The maximum absolute atomic E-state index is 5.88. The molecule has 1 aliphatic rings. The maximum atomic E-state index is 5.88. The van der Waals surface area contributed by atoms with Crippen LogP contribution in [0.5, 0.6) is 5.75 Å². The van der Waals surface area contributed by atoms with Crippen LogP contribution in [0.15, 0.2) is 0 Å². The average molecular weight is 298 g/mol. The molecule has 0 aromatic carbocycles. The fourth-order valence-corrected chi connectivity index (χ4v) is 3.03. The zero-order chi connectivity index (χ0) is 14.8. The molecule has 0 bridgehead atoms. The number of nitrogens with zero attached hydrogens (tertiary/aromatic N) is 2. The molecule has 6 heteroatoms. The molecular formula is C14H26N4OS. The lowest BCUT2D eigenvalue weighted by atomic mass is 9.80. The predicted molar refractivity (Wildman–Crippen MR) is 85.6 cm³/mol. The Bertz CT molecular complexity index is 438. The third kappa shape index (κ3) is 3.76.